The molecule has 2 N–H and O–H groups in total. The van der Waals surface area contributed by atoms with E-state index in [9.17, 15) is 10.2 Å². The minimum atomic E-state index is -0.441. The lowest BCUT2D eigenvalue weighted by Crippen LogP contribution is -2.41. The molecule has 0 unspecified atom stereocenters. The van der Waals surface area contributed by atoms with E-state index >= 15 is 0 Å². The van der Waals surface area contributed by atoms with Crippen LogP contribution in [0.2, 0.25) is 0 Å². The minimum absolute atomic E-state index is 0.00557. The number of para-hydroxylation sites is 3. The summed E-state index contributed by atoms with van der Waals surface area (Å²) in [4.78, 5) is 5.06. The lowest BCUT2D eigenvalue weighted by molar-refractivity contribution is 0.411. The Balaban J connectivity index is 1.32. The number of aryl methyl sites for hydroxylation is 1. The van der Waals surface area contributed by atoms with Crippen LogP contribution in [0.4, 0.5) is 0 Å². The number of aromatic hydroxyl groups is 2. The first-order valence-corrected chi connectivity index (χ1v) is 16.9. The summed E-state index contributed by atoms with van der Waals surface area (Å²) in [6.45, 7) is 1.74. The summed E-state index contributed by atoms with van der Waals surface area (Å²) >= 11 is 0. The predicted molar refractivity (Wildman–Crippen MR) is 220 cm³/mol. The summed E-state index contributed by atoms with van der Waals surface area (Å²) in [5.41, 5.74) is 8.39. The number of hydrogen-bond donors (Lipinski definition) is 2. The molecular weight excluding hydrogens is 632 g/mol. The molecule has 0 aliphatic heterocycles. The van der Waals surface area contributed by atoms with Crippen molar-refractivity contribution >= 4 is 96.6 Å². The van der Waals surface area contributed by atoms with E-state index in [0.717, 1.165) is 66.3 Å². The van der Waals surface area contributed by atoms with Gasteiger partial charge in [0.1, 0.15) is 37.2 Å². The molecule has 8 aromatic carbocycles. The standard InChI is InChI=1S/C44H26B4N2O2/c1-23-33-36(39(46)41(48)38(23)45)37(40(47)43(52)42(33)51)35-29-15-7-5-13-27(29)34(28-14-6-8-16-30(28)35)24-19-21-25(22-20-24)44-49-31-17-9-10-18-32(31)50(44)26-11-3-2-4-12-26/h2-22,51-52H,1H3. The number of imidazole rings is 1. The number of rotatable bonds is 4. The molecular formula is C44H26B4N2O2. The van der Waals surface area contributed by atoms with Crippen molar-refractivity contribution in [3.05, 3.63) is 133 Å². The van der Waals surface area contributed by atoms with Crippen LogP contribution in [0.3, 0.4) is 0 Å². The molecule has 1 aromatic heterocycles. The average molecular weight is 658 g/mol. The SMILES string of the molecule is [B]c1c([B])c(C)c2c(O)c(O)c([B])c(-c3c4ccccc4c(-c4ccc(-c5nc6ccccc6n5-c5ccccc5)cc4)c4ccccc34)c2c1[B]. The number of fused-ring (bicyclic) bond motifs is 4. The van der Waals surface area contributed by atoms with E-state index in [0.29, 0.717) is 21.9 Å². The first-order valence-electron chi connectivity index (χ1n) is 16.9. The Kier molecular flexibility index (Phi) is 7.34. The Morgan fingerprint density at radius 2 is 1.02 bits per heavy atom. The van der Waals surface area contributed by atoms with Crippen LogP contribution in [0, 0.1) is 6.92 Å². The van der Waals surface area contributed by atoms with Gasteiger partial charge in [-0.05, 0) is 91.4 Å². The maximum atomic E-state index is 11.3. The molecule has 1 heterocycles. The fraction of sp³-hybridized carbons (Fsp3) is 0.0227. The molecule has 9 rings (SSSR count). The van der Waals surface area contributed by atoms with E-state index in [1.807, 2.05) is 72.8 Å². The fourth-order valence-electron chi connectivity index (χ4n) is 7.81. The molecule has 8 radical (unpaired) electrons. The summed E-state index contributed by atoms with van der Waals surface area (Å²) in [7, 11) is 26.2. The highest BCUT2D eigenvalue weighted by Crippen LogP contribution is 2.47. The molecule has 52 heavy (non-hydrogen) atoms. The van der Waals surface area contributed by atoms with E-state index in [1.54, 1.807) is 6.92 Å². The van der Waals surface area contributed by atoms with Crippen LogP contribution < -0.4 is 21.9 Å². The van der Waals surface area contributed by atoms with Crippen LogP contribution in [-0.4, -0.2) is 51.1 Å². The van der Waals surface area contributed by atoms with Gasteiger partial charge in [0.05, 0.1) is 11.0 Å². The average Bonchev–Trinajstić information content (AvgIpc) is 3.58. The van der Waals surface area contributed by atoms with Gasteiger partial charge in [0.15, 0.2) is 11.5 Å². The predicted octanol–water partition coefficient (Wildman–Crippen LogP) is 6.38. The van der Waals surface area contributed by atoms with E-state index < -0.39 is 11.5 Å². The number of nitrogens with zero attached hydrogens (tertiary/aromatic N) is 2. The normalized spacial score (nSPS) is 11.6. The van der Waals surface area contributed by atoms with Crippen LogP contribution in [0.25, 0.3) is 82.7 Å². The third kappa shape index (κ3) is 4.57. The minimum Gasteiger partial charge on any atom is -0.505 e. The number of phenols is 2. The van der Waals surface area contributed by atoms with Crippen molar-refractivity contribution in [3.63, 3.8) is 0 Å². The van der Waals surface area contributed by atoms with Crippen LogP contribution in [0.5, 0.6) is 11.5 Å². The summed E-state index contributed by atoms with van der Waals surface area (Å²) in [5.74, 6) is 0.0214. The van der Waals surface area contributed by atoms with Crippen molar-refractivity contribution in [3.8, 4) is 50.8 Å². The highest BCUT2D eigenvalue weighted by atomic mass is 16.3. The lowest BCUT2D eigenvalue weighted by Gasteiger charge is -2.25. The van der Waals surface area contributed by atoms with Gasteiger partial charge >= 0.3 is 0 Å². The van der Waals surface area contributed by atoms with Gasteiger partial charge < -0.3 is 10.2 Å². The van der Waals surface area contributed by atoms with Gasteiger partial charge in [-0.15, -0.1) is 10.9 Å². The topological polar surface area (TPSA) is 58.3 Å². The molecule has 0 saturated carbocycles. The first-order chi connectivity index (χ1) is 25.3. The number of phenolic OH excluding ortho intramolecular Hbond substituents is 2. The Bertz CT molecular complexity index is 2860. The van der Waals surface area contributed by atoms with Crippen LogP contribution >= 0.6 is 0 Å². The molecule has 4 nitrogen and oxygen atoms in total. The summed E-state index contributed by atoms with van der Waals surface area (Å²) in [6, 6.07) is 43.2. The van der Waals surface area contributed by atoms with Crippen LogP contribution in [0.15, 0.2) is 127 Å². The zero-order chi connectivity index (χ0) is 35.8. The first kappa shape index (κ1) is 31.8. The molecule has 8 heteroatoms. The Labute approximate surface area is 306 Å². The number of aromatic nitrogens is 2. The van der Waals surface area contributed by atoms with Gasteiger partial charge in [-0.1, -0.05) is 109 Å². The maximum Gasteiger partial charge on any atom is 0.165 e. The van der Waals surface area contributed by atoms with Crippen LogP contribution in [0.1, 0.15) is 5.56 Å². The Morgan fingerprint density at radius 1 is 0.481 bits per heavy atom. The molecule has 0 atom stereocenters. The number of hydrogen-bond acceptors (Lipinski definition) is 3. The van der Waals surface area contributed by atoms with Gasteiger partial charge in [-0.25, -0.2) is 4.98 Å². The highest BCUT2D eigenvalue weighted by Gasteiger charge is 2.25. The summed E-state index contributed by atoms with van der Waals surface area (Å²) in [5, 5.41) is 26.9. The molecule has 0 bridgehead atoms. The fourth-order valence-corrected chi connectivity index (χ4v) is 7.81. The smallest absolute Gasteiger partial charge is 0.165 e. The largest absolute Gasteiger partial charge is 0.505 e. The van der Waals surface area contributed by atoms with Crippen molar-refractivity contribution in [2.75, 3.05) is 0 Å². The van der Waals surface area contributed by atoms with E-state index in [2.05, 4.69) is 59.2 Å². The third-order valence-electron chi connectivity index (χ3n) is 10.3. The monoisotopic (exact) mass is 658 g/mol. The quantitative estimate of drug-likeness (QED) is 0.131. The molecule has 0 fully saturated rings. The Hall–Kier alpha value is -6.13. The zero-order valence-electron chi connectivity index (χ0n) is 28.2. The van der Waals surface area contributed by atoms with Gasteiger partial charge in [-0.3, -0.25) is 4.57 Å². The van der Waals surface area contributed by atoms with Gasteiger partial charge in [-0.2, -0.15) is 0 Å². The van der Waals surface area contributed by atoms with Crippen molar-refractivity contribution in [1.82, 2.24) is 9.55 Å². The van der Waals surface area contributed by atoms with Gasteiger partial charge in [0.25, 0.3) is 0 Å². The van der Waals surface area contributed by atoms with Gasteiger partial charge in [0.2, 0.25) is 0 Å². The summed E-state index contributed by atoms with van der Waals surface area (Å²) < 4.78 is 2.19. The van der Waals surface area contributed by atoms with Gasteiger partial charge in [0, 0.05) is 16.6 Å². The molecule has 0 amide bonds. The second kappa shape index (κ2) is 12.0. The second-order valence-corrected chi connectivity index (χ2v) is 13.1. The van der Waals surface area contributed by atoms with Crippen molar-refractivity contribution < 1.29 is 10.2 Å². The molecule has 0 aliphatic rings. The third-order valence-corrected chi connectivity index (χ3v) is 10.3. The molecule has 236 valence electrons. The van der Waals surface area contributed by atoms with E-state index in [1.165, 1.54) is 0 Å². The Morgan fingerprint density at radius 3 is 1.65 bits per heavy atom. The molecule has 0 aliphatic carbocycles. The van der Waals surface area contributed by atoms with Crippen molar-refractivity contribution in [1.29, 1.82) is 0 Å². The molecule has 9 aromatic rings. The molecule has 0 spiro atoms. The van der Waals surface area contributed by atoms with Crippen molar-refractivity contribution in [2.45, 2.75) is 6.92 Å². The van der Waals surface area contributed by atoms with Crippen LogP contribution in [-0.2, 0) is 0 Å². The van der Waals surface area contributed by atoms with E-state index in [4.69, 9.17) is 36.4 Å². The number of benzene rings is 8. The zero-order valence-corrected chi connectivity index (χ0v) is 28.2. The molecule has 0 saturated heterocycles. The highest BCUT2D eigenvalue weighted by molar-refractivity contribution is 6.62. The van der Waals surface area contributed by atoms with Crippen molar-refractivity contribution in [2.24, 2.45) is 0 Å². The maximum absolute atomic E-state index is 11.3. The summed E-state index contributed by atoms with van der Waals surface area (Å²) in [6.07, 6.45) is 0. The lowest BCUT2D eigenvalue weighted by atomic mass is 9.65. The second-order valence-electron chi connectivity index (χ2n) is 13.1. The van der Waals surface area contributed by atoms with E-state index in [-0.39, 0.29) is 21.9 Å².